The van der Waals surface area contributed by atoms with Crippen LogP contribution in [-0.2, 0) is 6.42 Å². The summed E-state index contributed by atoms with van der Waals surface area (Å²) in [4.78, 5) is 11.3. The Morgan fingerprint density at radius 1 is 1.29 bits per heavy atom. The molecule has 0 unspecified atom stereocenters. The monoisotopic (exact) mass is 232 g/mol. The van der Waals surface area contributed by atoms with Crippen molar-refractivity contribution >= 4 is 6.03 Å². The van der Waals surface area contributed by atoms with E-state index in [9.17, 15) is 4.79 Å². The first-order valence-electron chi connectivity index (χ1n) is 6.06. The Labute approximate surface area is 103 Å². The second-order valence-corrected chi connectivity index (χ2v) is 3.80. The molecule has 0 saturated carbocycles. The second kappa shape index (κ2) is 8.39. The third kappa shape index (κ3) is 6.40. The van der Waals surface area contributed by atoms with Crippen LogP contribution in [0.2, 0.25) is 0 Å². The molecule has 0 bridgehead atoms. The molecule has 0 radical (unpaired) electrons. The van der Waals surface area contributed by atoms with Crippen LogP contribution in [0.4, 0.5) is 4.79 Å². The van der Waals surface area contributed by atoms with Gasteiger partial charge in [-0.1, -0.05) is 43.3 Å². The molecular weight excluding hydrogens is 212 g/mol. The molecule has 2 amide bonds. The van der Waals surface area contributed by atoms with Crippen molar-refractivity contribution in [3.63, 3.8) is 0 Å². The molecule has 92 valence electrons. The van der Waals surface area contributed by atoms with Crippen molar-refractivity contribution in [3.05, 3.63) is 48.2 Å². The maximum atomic E-state index is 11.3. The molecule has 3 heteroatoms. The number of urea groups is 1. The lowest BCUT2D eigenvalue weighted by atomic mass is 10.1. The number of hydrogen-bond acceptors (Lipinski definition) is 1. The molecule has 0 aliphatic carbocycles. The van der Waals surface area contributed by atoms with Crippen LogP contribution in [0.3, 0.4) is 0 Å². The third-order valence-electron chi connectivity index (χ3n) is 2.34. The van der Waals surface area contributed by atoms with Crippen LogP contribution in [0.5, 0.6) is 0 Å². The average molecular weight is 232 g/mol. The standard InChI is InChI=1S/C14H20N2O/c1-2-3-11-15-14(17)16-12-7-10-13-8-5-4-6-9-13/h3-6,8-9,11H,2,7,10,12H2,1H3,(H2,15,16,17)/b11-3+. The predicted octanol–water partition coefficient (Wildman–Crippen LogP) is 2.84. The Balaban J connectivity index is 2.08. The molecule has 3 nitrogen and oxygen atoms in total. The van der Waals surface area contributed by atoms with Crippen LogP contribution in [-0.4, -0.2) is 12.6 Å². The number of carbonyl (C=O) groups is 1. The van der Waals surface area contributed by atoms with Crippen molar-refractivity contribution in [3.8, 4) is 0 Å². The zero-order chi connectivity index (χ0) is 12.3. The van der Waals surface area contributed by atoms with E-state index in [1.807, 2.05) is 31.2 Å². The Morgan fingerprint density at radius 2 is 2.06 bits per heavy atom. The van der Waals surface area contributed by atoms with Gasteiger partial charge in [0.05, 0.1) is 0 Å². The molecule has 0 aliphatic heterocycles. The molecule has 0 heterocycles. The number of allylic oxidation sites excluding steroid dienone is 1. The highest BCUT2D eigenvalue weighted by molar-refractivity contribution is 5.74. The first-order valence-corrected chi connectivity index (χ1v) is 6.06. The highest BCUT2D eigenvalue weighted by atomic mass is 16.2. The Bertz CT molecular complexity index is 346. The third-order valence-corrected chi connectivity index (χ3v) is 2.34. The molecule has 0 fully saturated rings. The van der Waals surface area contributed by atoms with Gasteiger partial charge in [0, 0.05) is 12.7 Å². The fourth-order valence-corrected chi connectivity index (χ4v) is 1.44. The Morgan fingerprint density at radius 3 is 2.76 bits per heavy atom. The lowest BCUT2D eigenvalue weighted by molar-refractivity contribution is 0.244. The number of rotatable bonds is 6. The average Bonchev–Trinajstić information content (AvgIpc) is 2.36. The summed E-state index contributed by atoms with van der Waals surface area (Å²) in [7, 11) is 0. The van der Waals surface area contributed by atoms with Crippen molar-refractivity contribution < 1.29 is 4.79 Å². The summed E-state index contributed by atoms with van der Waals surface area (Å²) < 4.78 is 0. The predicted molar refractivity (Wildman–Crippen MR) is 70.7 cm³/mol. The van der Waals surface area contributed by atoms with Gasteiger partial charge in [0.2, 0.25) is 0 Å². The number of amides is 2. The van der Waals surface area contributed by atoms with E-state index in [0.717, 1.165) is 19.3 Å². The van der Waals surface area contributed by atoms with Gasteiger partial charge in [-0.05, 0) is 24.8 Å². The van der Waals surface area contributed by atoms with E-state index in [-0.39, 0.29) is 6.03 Å². The molecule has 2 N–H and O–H groups in total. The molecule has 17 heavy (non-hydrogen) atoms. The van der Waals surface area contributed by atoms with Crippen LogP contribution in [0.25, 0.3) is 0 Å². The van der Waals surface area contributed by atoms with Crippen molar-refractivity contribution in [1.82, 2.24) is 10.6 Å². The maximum absolute atomic E-state index is 11.3. The summed E-state index contributed by atoms with van der Waals surface area (Å²) in [6.07, 6.45) is 6.45. The minimum Gasteiger partial charge on any atom is -0.338 e. The van der Waals surface area contributed by atoms with Crippen LogP contribution in [0.15, 0.2) is 42.6 Å². The fourth-order valence-electron chi connectivity index (χ4n) is 1.44. The minimum atomic E-state index is -0.136. The van der Waals surface area contributed by atoms with Crippen molar-refractivity contribution in [2.75, 3.05) is 6.54 Å². The van der Waals surface area contributed by atoms with E-state index in [0.29, 0.717) is 6.54 Å². The number of carbonyl (C=O) groups excluding carboxylic acids is 1. The van der Waals surface area contributed by atoms with Gasteiger partial charge in [-0.3, -0.25) is 0 Å². The van der Waals surface area contributed by atoms with Gasteiger partial charge in [-0.2, -0.15) is 0 Å². The Hall–Kier alpha value is -1.77. The molecular formula is C14H20N2O. The number of hydrogen-bond donors (Lipinski definition) is 2. The summed E-state index contributed by atoms with van der Waals surface area (Å²) in [5.74, 6) is 0. The zero-order valence-electron chi connectivity index (χ0n) is 10.3. The molecule has 0 saturated heterocycles. The van der Waals surface area contributed by atoms with Crippen molar-refractivity contribution in [2.24, 2.45) is 0 Å². The van der Waals surface area contributed by atoms with Crippen LogP contribution in [0, 0.1) is 0 Å². The van der Waals surface area contributed by atoms with E-state index in [2.05, 4.69) is 22.8 Å². The lowest BCUT2D eigenvalue weighted by Gasteiger charge is -2.04. The smallest absolute Gasteiger partial charge is 0.318 e. The topological polar surface area (TPSA) is 41.1 Å². The summed E-state index contributed by atoms with van der Waals surface area (Å²) in [5.41, 5.74) is 1.31. The van der Waals surface area contributed by atoms with Gasteiger partial charge in [-0.15, -0.1) is 0 Å². The SMILES string of the molecule is CC/C=C/NC(=O)NCCCc1ccccc1. The maximum Gasteiger partial charge on any atom is 0.318 e. The van der Waals surface area contributed by atoms with E-state index < -0.39 is 0 Å². The molecule has 0 aliphatic rings. The van der Waals surface area contributed by atoms with E-state index in [4.69, 9.17) is 0 Å². The van der Waals surface area contributed by atoms with Gasteiger partial charge in [0.15, 0.2) is 0 Å². The second-order valence-electron chi connectivity index (χ2n) is 3.80. The number of nitrogens with one attached hydrogen (secondary N) is 2. The van der Waals surface area contributed by atoms with Gasteiger partial charge in [0.1, 0.15) is 0 Å². The molecule has 0 atom stereocenters. The van der Waals surface area contributed by atoms with Crippen molar-refractivity contribution in [2.45, 2.75) is 26.2 Å². The molecule has 1 aromatic rings. The van der Waals surface area contributed by atoms with Gasteiger partial charge < -0.3 is 10.6 Å². The van der Waals surface area contributed by atoms with E-state index in [1.165, 1.54) is 5.56 Å². The summed E-state index contributed by atoms with van der Waals surface area (Å²) >= 11 is 0. The minimum absolute atomic E-state index is 0.136. The van der Waals surface area contributed by atoms with Crippen LogP contribution < -0.4 is 10.6 Å². The number of benzene rings is 1. The summed E-state index contributed by atoms with van der Waals surface area (Å²) in [6.45, 7) is 2.72. The van der Waals surface area contributed by atoms with Crippen LogP contribution >= 0.6 is 0 Å². The fraction of sp³-hybridized carbons (Fsp3) is 0.357. The van der Waals surface area contributed by atoms with E-state index >= 15 is 0 Å². The molecule has 0 aromatic heterocycles. The zero-order valence-corrected chi connectivity index (χ0v) is 10.3. The Kier molecular flexibility index (Phi) is 6.56. The van der Waals surface area contributed by atoms with Crippen LogP contribution in [0.1, 0.15) is 25.3 Å². The molecule has 0 spiro atoms. The normalized spacial score (nSPS) is 10.4. The van der Waals surface area contributed by atoms with Gasteiger partial charge in [-0.25, -0.2) is 4.79 Å². The summed E-state index contributed by atoms with van der Waals surface area (Å²) in [5, 5.41) is 5.46. The van der Waals surface area contributed by atoms with E-state index in [1.54, 1.807) is 6.20 Å². The van der Waals surface area contributed by atoms with Gasteiger partial charge in [0.25, 0.3) is 0 Å². The van der Waals surface area contributed by atoms with Crippen molar-refractivity contribution in [1.29, 1.82) is 0 Å². The van der Waals surface area contributed by atoms with Gasteiger partial charge >= 0.3 is 6.03 Å². The largest absolute Gasteiger partial charge is 0.338 e. The lowest BCUT2D eigenvalue weighted by Crippen LogP contribution is -2.32. The molecule has 1 aromatic carbocycles. The summed E-state index contributed by atoms with van der Waals surface area (Å²) in [6, 6.07) is 10.1. The number of aryl methyl sites for hydroxylation is 1. The molecule has 1 rings (SSSR count). The highest BCUT2D eigenvalue weighted by Crippen LogP contribution is 2.01. The highest BCUT2D eigenvalue weighted by Gasteiger charge is 1.96. The quantitative estimate of drug-likeness (QED) is 0.727. The first-order chi connectivity index (χ1) is 8.33. The first kappa shape index (κ1) is 13.3.